The number of hydrogen-bond donors (Lipinski definition) is 2. The highest BCUT2D eigenvalue weighted by Crippen LogP contribution is 2.20. The predicted octanol–water partition coefficient (Wildman–Crippen LogP) is 2.62. The molecule has 2 N–H and O–H groups in total. The van der Waals surface area contributed by atoms with Gasteiger partial charge in [0.2, 0.25) is 0 Å². The first-order chi connectivity index (χ1) is 8.26. The average molecular weight is 322 g/mol. The standard InChI is InChI=1S/C12H14BrF2NO2/c1-12(2,3-4-17)16-11(18)10-8(14)5-7(13)6-9(10)15/h5-6,17H,3-4H2,1-2H3,(H,16,18). The minimum atomic E-state index is -0.931. The van der Waals surface area contributed by atoms with Crippen LogP contribution in [0.4, 0.5) is 8.78 Å². The molecular weight excluding hydrogens is 308 g/mol. The van der Waals surface area contributed by atoms with Gasteiger partial charge in [-0.3, -0.25) is 4.79 Å². The summed E-state index contributed by atoms with van der Waals surface area (Å²) in [5.74, 6) is -2.70. The molecule has 1 aromatic rings. The Hall–Kier alpha value is -1.01. The van der Waals surface area contributed by atoms with Crippen LogP contribution in [0.2, 0.25) is 0 Å². The van der Waals surface area contributed by atoms with Crippen LogP contribution in [-0.2, 0) is 0 Å². The molecule has 0 saturated carbocycles. The van der Waals surface area contributed by atoms with E-state index >= 15 is 0 Å². The summed E-state index contributed by atoms with van der Waals surface area (Å²) in [4.78, 5) is 11.8. The summed E-state index contributed by atoms with van der Waals surface area (Å²) in [5, 5.41) is 11.3. The molecule has 1 aromatic carbocycles. The van der Waals surface area contributed by atoms with E-state index in [2.05, 4.69) is 21.2 Å². The summed E-state index contributed by atoms with van der Waals surface area (Å²) in [5.41, 5.74) is -1.36. The van der Waals surface area contributed by atoms with Gasteiger partial charge < -0.3 is 10.4 Å². The van der Waals surface area contributed by atoms with E-state index in [0.717, 1.165) is 12.1 Å². The normalized spacial score (nSPS) is 11.4. The minimum Gasteiger partial charge on any atom is -0.396 e. The van der Waals surface area contributed by atoms with Crippen LogP contribution in [0.5, 0.6) is 0 Å². The minimum absolute atomic E-state index is 0.126. The number of aliphatic hydroxyl groups is 1. The fraction of sp³-hybridized carbons (Fsp3) is 0.417. The first kappa shape index (κ1) is 15.0. The lowest BCUT2D eigenvalue weighted by molar-refractivity contribution is 0.0891. The Labute approximate surface area is 112 Å². The van der Waals surface area contributed by atoms with Crippen LogP contribution in [0.25, 0.3) is 0 Å². The number of hydrogen-bond acceptors (Lipinski definition) is 2. The van der Waals surface area contributed by atoms with Gasteiger partial charge in [0.1, 0.15) is 17.2 Å². The number of carbonyl (C=O) groups is 1. The van der Waals surface area contributed by atoms with Crippen molar-refractivity contribution in [3.05, 3.63) is 33.8 Å². The van der Waals surface area contributed by atoms with Gasteiger partial charge in [-0.15, -0.1) is 0 Å². The highest BCUT2D eigenvalue weighted by molar-refractivity contribution is 9.10. The van der Waals surface area contributed by atoms with E-state index in [9.17, 15) is 13.6 Å². The molecule has 0 bridgehead atoms. The van der Waals surface area contributed by atoms with Gasteiger partial charge in [-0.1, -0.05) is 15.9 Å². The van der Waals surface area contributed by atoms with Crippen molar-refractivity contribution in [3.8, 4) is 0 Å². The third-order valence-electron chi connectivity index (χ3n) is 2.42. The zero-order valence-corrected chi connectivity index (χ0v) is 11.6. The van der Waals surface area contributed by atoms with Gasteiger partial charge in [0.25, 0.3) is 5.91 Å². The highest BCUT2D eigenvalue weighted by atomic mass is 79.9. The van der Waals surface area contributed by atoms with E-state index in [4.69, 9.17) is 5.11 Å². The third kappa shape index (κ3) is 3.74. The Bertz CT molecular complexity index is 440. The smallest absolute Gasteiger partial charge is 0.257 e. The molecule has 0 saturated heterocycles. The maximum atomic E-state index is 13.5. The number of benzene rings is 1. The molecule has 0 aliphatic carbocycles. The summed E-state index contributed by atoms with van der Waals surface area (Å²) in [6.45, 7) is 3.20. The van der Waals surface area contributed by atoms with Crippen LogP contribution in [0, 0.1) is 11.6 Å². The molecule has 100 valence electrons. The molecule has 1 rings (SSSR count). The molecule has 18 heavy (non-hydrogen) atoms. The van der Waals surface area contributed by atoms with Gasteiger partial charge >= 0.3 is 0 Å². The first-order valence-corrected chi connectivity index (χ1v) is 6.14. The van der Waals surface area contributed by atoms with Crippen LogP contribution < -0.4 is 5.32 Å². The Morgan fingerprint density at radius 3 is 2.33 bits per heavy atom. The van der Waals surface area contributed by atoms with Crippen molar-refractivity contribution in [2.45, 2.75) is 25.8 Å². The van der Waals surface area contributed by atoms with Crippen LogP contribution in [0.3, 0.4) is 0 Å². The second-order valence-electron chi connectivity index (χ2n) is 4.56. The number of aliphatic hydroxyl groups excluding tert-OH is 1. The highest BCUT2D eigenvalue weighted by Gasteiger charge is 2.25. The summed E-state index contributed by atoms with van der Waals surface area (Å²) >= 11 is 2.94. The second kappa shape index (κ2) is 5.75. The molecule has 3 nitrogen and oxygen atoms in total. The zero-order chi connectivity index (χ0) is 13.9. The second-order valence-corrected chi connectivity index (χ2v) is 5.47. The molecular formula is C12H14BrF2NO2. The molecule has 0 aliphatic rings. The van der Waals surface area contributed by atoms with Gasteiger partial charge in [-0.25, -0.2) is 8.78 Å². The van der Waals surface area contributed by atoms with Gasteiger partial charge in [0, 0.05) is 16.6 Å². The topological polar surface area (TPSA) is 49.3 Å². The largest absolute Gasteiger partial charge is 0.396 e. The summed E-state index contributed by atoms with van der Waals surface area (Å²) < 4.78 is 27.3. The lowest BCUT2D eigenvalue weighted by Gasteiger charge is -2.25. The molecule has 6 heteroatoms. The van der Waals surface area contributed by atoms with Crippen LogP contribution in [-0.4, -0.2) is 23.2 Å². The van der Waals surface area contributed by atoms with Gasteiger partial charge in [0.15, 0.2) is 0 Å². The SMILES string of the molecule is CC(C)(CCO)NC(=O)c1c(F)cc(Br)cc1F. The monoisotopic (exact) mass is 321 g/mol. The lowest BCUT2D eigenvalue weighted by atomic mass is 10.0. The van der Waals surface area contributed by atoms with Gasteiger partial charge in [-0.2, -0.15) is 0 Å². The van der Waals surface area contributed by atoms with Crippen LogP contribution in [0.15, 0.2) is 16.6 Å². The van der Waals surface area contributed by atoms with E-state index in [1.807, 2.05) is 0 Å². The fourth-order valence-corrected chi connectivity index (χ4v) is 1.87. The molecule has 0 heterocycles. The van der Waals surface area contributed by atoms with Crippen molar-refractivity contribution in [1.29, 1.82) is 0 Å². The Kier molecular flexibility index (Phi) is 4.81. The van der Waals surface area contributed by atoms with Crippen LogP contribution in [0.1, 0.15) is 30.6 Å². The Morgan fingerprint density at radius 2 is 1.89 bits per heavy atom. The molecule has 0 aromatic heterocycles. The molecule has 1 amide bonds. The predicted molar refractivity (Wildman–Crippen MR) is 67.3 cm³/mol. The fourth-order valence-electron chi connectivity index (χ4n) is 1.47. The number of halogens is 3. The van der Waals surface area contributed by atoms with E-state index in [1.165, 1.54) is 0 Å². The van der Waals surface area contributed by atoms with E-state index < -0.39 is 28.6 Å². The van der Waals surface area contributed by atoms with Gasteiger partial charge in [0.05, 0.1) is 0 Å². The summed E-state index contributed by atoms with van der Waals surface area (Å²) in [7, 11) is 0. The van der Waals surface area contributed by atoms with Crippen molar-refractivity contribution in [1.82, 2.24) is 5.32 Å². The average Bonchev–Trinajstić information content (AvgIpc) is 2.13. The number of carbonyl (C=O) groups excluding carboxylic acids is 1. The summed E-state index contributed by atoms with van der Waals surface area (Å²) in [6, 6.07) is 2.05. The van der Waals surface area contributed by atoms with E-state index in [-0.39, 0.29) is 11.1 Å². The maximum Gasteiger partial charge on any atom is 0.257 e. The first-order valence-electron chi connectivity index (χ1n) is 5.35. The quantitative estimate of drug-likeness (QED) is 0.895. The Morgan fingerprint density at radius 1 is 1.39 bits per heavy atom. The molecule has 0 radical (unpaired) electrons. The molecule has 0 atom stereocenters. The number of amides is 1. The Balaban J connectivity index is 2.98. The van der Waals surface area contributed by atoms with Gasteiger partial charge in [-0.05, 0) is 32.4 Å². The molecule has 0 spiro atoms. The van der Waals surface area contributed by atoms with Crippen LogP contribution >= 0.6 is 15.9 Å². The molecule has 0 aliphatic heterocycles. The maximum absolute atomic E-state index is 13.5. The van der Waals surface area contributed by atoms with Crippen molar-refractivity contribution in [3.63, 3.8) is 0 Å². The van der Waals surface area contributed by atoms with Crippen molar-refractivity contribution in [2.75, 3.05) is 6.61 Å². The van der Waals surface area contributed by atoms with Crippen molar-refractivity contribution >= 4 is 21.8 Å². The molecule has 0 fully saturated rings. The number of nitrogens with one attached hydrogen (secondary N) is 1. The van der Waals surface area contributed by atoms with E-state index in [1.54, 1.807) is 13.8 Å². The van der Waals surface area contributed by atoms with Crippen molar-refractivity contribution < 1.29 is 18.7 Å². The van der Waals surface area contributed by atoms with E-state index in [0.29, 0.717) is 6.42 Å². The third-order valence-corrected chi connectivity index (χ3v) is 2.88. The molecule has 0 unspecified atom stereocenters. The zero-order valence-electron chi connectivity index (χ0n) is 10.1. The number of rotatable bonds is 4. The lowest BCUT2D eigenvalue weighted by Crippen LogP contribution is -2.44. The summed E-state index contributed by atoms with van der Waals surface area (Å²) in [6.07, 6.45) is 0.290. The van der Waals surface area contributed by atoms with Crippen molar-refractivity contribution in [2.24, 2.45) is 0 Å².